The predicted molar refractivity (Wildman–Crippen MR) is 91.4 cm³/mol. The average molecular weight is 312 g/mol. The van der Waals surface area contributed by atoms with Crippen molar-refractivity contribution < 1.29 is 9.15 Å². The van der Waals surface area contributed by atoms with Gasteiger partial charge >= 0.3 is 5.76 Å². The lowest BCUT2D eigenvalue weighted by Gasteiger charge is -2.21. The maximum atomic E-state index is 11.9. The van der Waals surface area contributed by atoms with E-state index >= 15 is 0 Å². The predicted octanol–water partition coefficient (Wildman–Crippen LogP) is 3.13. The molecule has 5 heteroatoms. The number of fused-ring (bicyclic) bond motifs is 1. The van der Waals surface area contributed by atoms with Gasteiger partial charge in [-0.15, -0.1) is 0 Å². The summed E-state index contributed by atoms with van der Waals surface area (Å²) in [5, 5.41) is 0. The third-order valence-corrected chi connectivity index (χ3v) is 3.95. The highest BCUT2D eigenvalue weighted by atomic mass is 16.5. The van der Waals surface area contributed by atoms with Crippen molar-refractivity contribution in [3.05, 3.63) is 59.1 Å². The summed E-state index contributed by atoms with van der Waals surface area (Å²) >= 11 is 0. The van der Waals surface area contributed by atoms with E-state index in [0.29, 0.717) is 12.1 Å². The lowest BCUT2D eigenvalue weighted by Crippen LogP contribution is -2.22. The molecule has 0 unspecified atom stereocenters. The van der Waals surface area contributed by atoms with Crippen LogP contribution in [0.5, 0.6) is 5.75 Å². The lowest BCUT2D eigenvalue weighted by atomic mass is 10.2. The molecule has 0 saturated heterocycles. The summed E-state index contributed by atoms with van der Waals surface area (Å²) in [6.07, 6.45) is 0.831. The third-order valence-electron chi connectivity index (χ3n) is 3.95. The van der Waals surface area contributed by atoms with Crippen LogP contribution in [0, 0.1) is 0 Å². The minimum Gasteiger partial charge on any atom is -0.495 e. The molecule has 0 N–H and O–H groups in total. The molecule has 0 aliphatic rings. The Labute approximate surface area is 134 Å². The van der Waals surface area contributed by atoms with Crippen molar-refractivity contribution in [2.24, 2.45) is 0 Å². The number of ether oxygens (including phenoxy) is 1. The number of anilines is 1. The Bertz CT molecular complexity index is 851. The lowest BCUT2D eigenvalue weighted by molar-refractivity contribution is 0.414. The maximum Gasteiger partial charge on any atom is 0.419 e. The highest BCUT2D eigenvalue weighted by Gasteiger charge is 2.10. The van der Waals surface area contributed by atoms with Crippen molar-refractivity contribution in [1.82, 2.24) is 4.57 Å². The molecule has 2 aromatic carbocycles. The number of para-hydroxylation sites is 4. The Balaban J connectivity index is 1.69. The highest BCUT2D eigenvalue weighted by molar-refractivity contribution is 5.72. The van der Waals surface area contributed by atoms with E-state index in [1.807, 2.05) is 55.6 Å². The van der Waals surface area contributed by atoms with Gasteiger partial charge in [-0.05, 0) is 30.7 Å². The van der Waals surface area contributed by atoms with Gasteiger partial charge in [-0.3, -0.25) is 4.57 Å². The number of benzene rings is 2. The minimum atomic E-state index is -0.300. The van der Waals surface area contributed by atoms with Crippen LogP contribution in [0.4, 0.5) is 5.69 Å². The normalized spacial score (nSPS) is 10.9. The van der Waals surface area contributed by atoms with E-state index in [4.69, 9.17) is 9.15 Å². The van der Waals surface area contributed by atoms with Gasteiger partial charge in [0.15, 0.2) is 5.58 Å². The molecule has 0 fully saturated rings. The molecule has 0 radical (unpaired) electrons. The summed E-state index contributed by atoms with van der Waals surface area (Å²) in [4.78, 5) is 14.1. The number of methoxy groups -OCH3 is 1. The van der Waals surface area contributed by atoms with Crippen LogP contribution < -0.4 is 15.4 Å². The largest absolute Gasteiger partial charge is 0.495 e. The first kappa shape index (κ1) is 15.2. The quantitative estimate of drug-likeness (QED) is 0.701. The van der Waals surface area contributed by atoms with Crippen molar-refractivity contribution in [2.75, 3.05) is 25.6 Å². The maximum absolute atomic E-state index is 11.9. The molecule has 1 heterocycles. The molecular weight excluding hydrogens is 292 g/mol. The third kappa shape index (κ3) is 3.08. The average Bonchev–Trinajstić information content (AvgIpc) is 2.90. The number of aryl methyl sites for hydroxylation is 1. The van der Waals surface area contributed by atoms with Crippen LogP contribution in [0.2, 0.25) is 0 Å². The monoisotopic (exact) mass is 312 g/mol. The van der Waals surface area contributed by atoms with Crippen LogP contribution >= 0.6 is 0 Å². The van der Waals surface area contributed by atoms with E-state index < -0.39 is 0 Å². The molecule has 120 valence electrons. The standard InChI is InChI=1S/C18H20N2O3/c1-19(14-8-3-5-10-16(14)22-2)12-7-13-20-15-9-4-6-11-17(15)23-18(20)21/h3-6,8-11H,7,12-13H2,1-2H3. The fourth-order valence-corrected chi connectivity index (χ4v) is 2.76. The zero-order valence-electron chi connectivity index (χ0n) is 13.4. The number of rotatable bonds is 6. The molecule has 1 aromatic heterocycles. The second kappa shape index (κ2) is 6.60. The molecule has 3 aromatic rings. The van der Waals surface area contributed by atoms with Crippen LogP contribution in [0.3, 0.4) is 0 Å². The van der Waals surface area contributed by atoms with Gasteiger partial charge in [0.2, 0.25) is 0 Å². The topological polar surface area (TPSA) is 47.6 Å². The van der Waals surface area contributed by atoms with Gasteiger partial charge in [0.25, 0.3) is 0 Å². The van der Waals surface area contributed by atoms with Crippen molar-refractivity contribution in [3.8, 4) is 5.75 Å². The van der Waals surface area contributed by atoms with Crippen molar-refractivity contribution >= 4 is 16.8 Å². The van der Waals surface area contributed by atoms with Gasteiger partial charge < -0.3 is 14.1 Å². The minimum absolute atomic E-state index is 0.300. The number of nitrogens with zero attached hydrogens (tertiary/aromatic N) is 2. The molecule has 0 bridgehead atoms. The van der Waals surface area contributed by atoms with Gasteiger partial charge in [0.1, 0.15) is 5.75 Å². The summed E-state index contributed by atoms with van der Waals surface area (Å²) in [6, 6.07) is 15.4. The van der Waals surface area contributed by atoms with Crippen LogP contribution in [-0.2, 0) is 6.54 Å². The molecule has 23 heavy (non-hydrogen) atoms. The molecule has 5 nitrogen and oxygen atoms in total. The summed E-state index contributed by atoms with van der Waals surface area (Å²) in [5.74, 6) is 0.548. The summed E-state index contributed by atoms with van der Waals surface area (Å²) in [7, 11) is 3.69. The summed E-state index contributed by atoms with van der Waals surface area (Å²) < 4.78 is 12.3. The van der Waals surface area contributed by atoms with E-state index in [1.165, 1.54) is 0 Å². The molecule has 0 aliphatic heterocycles. The number of aromatic nitrogens is 1. The highest BCUT2D eigenvalue weighted by Crippen LogP contribution is 2.26. The van der Waals surface area contributed by atoms with Gasteiger partial charge in [-0.25, -0.2) is 4.79 Å². The molecule has 0 spiro atoms. The fourth-order valence-electron chi connectivity index (χ4n) is 2.76. The van der Waals surface area contributed by atoms with E-state index in [2.05, 4.69) is 4.90 Å². The first-order chi connectivity index (χ1) is 11.2. The zero-order valence-corrected chi connectivity index (χ0v) is 13.4. The Kier molecular flexibility index (Phi) is 4.37. The van der Waals surface area contributed by atoms with E-state index in [1.54, 1.807) is 11.7 Å². The first-order valence-corrected chi connectivity index (χ1v) is 7.63. The van der Waals surface area contributed by atoms with Gasteiger partial charge in [-0.1, -0.05) is 24.3 Å². The summed E-state index contributed by atoms with van der Waals surface area (Å²) in [5.41, 5.74) is 2.52. The second-order valence-electron chi connectivity index (χ2n) is 5.43. The molecule has 0 saturated carbocycles. The second-order valence-corrected chi connectivity index (χ2v) is 5.43. The Morgan fingerprint density at radius 1 is 1.13 bits per heavy atom. The fraction of sp³-hybridized carbons (Fsp3) is 0.278. The zero-order chi connectivity index (χ0) is 16.2. The molecule has 0 atom stereocenters. The van der Waals surface area contributed by atoms with Crippen LogP contribution in [0.15, 0.2) is 57.7 Å². The van der Waals surface area contributed by atoms with Crippen LogP contribution in [-0.4, -0.2) is 25.3 Å². The van der Waals surface area contributed by atoms with E-state index in [9.17, 15) is 4.79 Å². The Morgan fingerprint density at radius 2 is 1.87 bits per heavy atom. The molecular formula is C18H20N2O3. The van der Waals surface area contributed by atoms with Gasteiger partial charge in [0, 0.05) is 20.1 Å². The number of oxazole rings is 1. The number of hydrogen-bond donors (Lipinski definition) is 0. The van der Waals surface area contributed by atoms with Gasteiger partial charge in [0.05, 0.1) is 18.3 Å². The van der Waals surface area contributed by atoms with Crippen LogP contribution in [0.25, 0.3) is 11.1 Å². The van der Waals surface area contributed by atoms with Gasteiger partial charge in [-0.2, -0.15) is 0 Å². The first-order valence-electron chi connectivity index (χ1n) is 7.63. The molecule has 0 aliphatic carbocycles. The number of hydrogen-bond acceptors (Lipinski definition) is 4. The smallest absolute Gasteiger partial charge is 0.419 e. The van der Waals surface area contributed by atoms with E-state index in [0.717, 1.165) is 29.9 Å². The van der Waals surface area contributed by atoms with Crippen molar-refractivity contribution in [1.29, 1.82) is 0 Å². The van der Waals surface area contributed by atoms with E-state index in [-0.39, 0.29) is 5.76 Å². The van der Waals surface area contributed by atoms with Crippen molar-refractivity contribution in [2.45, 2.75) is 13.0 Å². The SMILES string of the molecule is COc1ccccc1N(C)CCCn1c(=O)oc2ccccc21. The molecule has 0 amide bonds. The Hall–Kier alpha value is -2.69. The summed E-state index contributed by atoms with van der Waals surface area (Å²) in [6.45, 7) is 1.43. The molecule has 3 rings (SSSR count). The Morgan fingerprint density at radius 3 is 2.70 bits per heavy atom. The van der Waals surface area contributed by atoms with Crippen LogP contribution in [0.1, 0.15) is 6.42 Å². The van der Waals surface area contributed by atoms with Crippen molar-refractivity contribution in [3.63, 3.8) is 0 Å².